The maximum Gasteiger partial charge on any atom is -0.0329 e. The first kappa shape index (κ1) is 12.5. The molecule has 0 nitrogen and oxygen atoms in total. The molecule has 16 heavy (non-hydrogen) atoms. The van der Waals surface area contributed by atoms with Crippen LogP contribution in [0.3, 0.4) is 0 Å². The summed E-state index contributed by atoms with van der Waals surface area (Å²) >= 11 is 0. The van der Waals surface area contributed by atoms with Crippen LogP contribution in [-0.4, -0.2) is 0 Å². The van der Waals surface area contributed by atoms with E-state index in [1.165, 1.54) is 51.4 Å². The van der Waals surface area contributed by atoms with Gasteiger partial charge in [0.1, 0.15) is 0 Å². The lowest BCUT2D eigenvalue weighted by atomic mass is 9.54. The zero-order valence-electron chi connectivity index (χ0n) is 11.5. The molecule has 0 aromatic carbocycles. The van der Waals surface area contributed by atoms with Crippen LogP contribution < -0.4 is 0 Å². The van der Waals surface area contributed by atoms with Crippen molar-refractivity contribution < 1.29 is 0 Å². The quantitative estimate of drug-likeness (QED) is 0.566. The van der Waals surface area contributed by atoms with Gasteiger partial charge in [0.25, 0.3) is 0 Å². The average Bonchev–Trinajstić information content (AvgIpc) is 2.27. The normalized spacial score (nSPS) is 45.6. The monoisotopic (exact) mass is 222 g/mol. The smallest absolute Gasteiger partial charge is 0.0329 e. The summed E-state index contributed by atoms with van der Waals surface area (Å²) in [6, 6.07) is 0. The van der Waals surface area contributed by atoms with Crippen LogP contribution in [0.5, 0.6) is 0 Å². The molecule has 5 atom stereocenters. The predicted octanol–water partition coefficient (Wildman–Crippen LogP) is 5.28. The van der Waals surface area contributed by atoms with Crippen LogP contribution in [0.25, 0.3) is 0 Å². The zero-order chi connectivity index (χ0) is 11.5. The van der Waals surface area contributed by atoms with Crippen molar-refractivity contribution in [3.8, 4) is 0 Å². The van der Waals surface area contributed by atoms with Gasteiger partial charge in [-0.3, -0.25) is 0 Å². The summed E-state index contributed by atoms with van der Waals surface area (Å²) in [5.74, 6) is 5.25. The molecule has 0 heteroatoms. The molecular formula is C16H30. The molecule has 2 aliphatic rings. The molecule has 94 valence electrons. The Hall–Kier alpha value is 0. The lowest BCUT2D eigenvalue weighted by molar-refractivity contribution is -0.0161. The highest BCUT2D eigenvalue weighted by molar-refractivity contribution is 4.93. The van der Waals surface area contributed by atoms with E-state index in [2.05, 4.69) is 20.8 Å². The summed E-state index contributed by atoms with van der Waals surface area (Å²) in [6.45, 7) is 7.45. The average molecular weight is 222 g/mol. The molecule has 2 fully saturated rings. The number of hydrogen-bond acceptors (Lipinski definition) is 0. The largest absolute Gasteiger partial charge is 0.0651 e. The van der Waals surface area contributed by atoms with Crippen molar-refractivity contribution in [1.82, 2.24) is 0 Å². The van der Waals surface area contributed by atoms with Gasteiger partial charge < -0.3 is 0 Å². The molecule has 2 saturated carbocycles. The van der Waals surface area contributed by atoms with E-state index in [1.807, 2.05) is 0 Å². The molecule has 0 aromatic heterocycles. The molecule has 0 heterocycles. The fourth-order valence-corrected chi connectivity index (χ4v) is 4.50. The Morgan fingerprint density at radius 2 is 1.56 bits per heavy atom. The molecule has 0 N–H and O–H groups in total. The second kappa shape index (κ2) is 5.56. The fraction of sp³-hybridized carbons (Fsp3) is 1.00. The Kier molecular flexibility index (Phi) is 4.33. The van der Waals surface area contributed by atoms with E-state index in [-0.39, 0.29) is 0 Å². The Morgan fingerprint density at radius 1 is 0.875 bits per heavy atom. The predicted molar refractivity (Wildman–Crippen MR) is 71.4 cm³/mol. The van der Waals surface area contributed by atoms with Crippen molar-refractivity contribution in [3.05, 3.63) is 0 Å². The van der Waals surface area contributed by atoms with E-state index < -0.39 is 0 Å². The molecule has 2 rings (SSSR count). The lowest BCUT2D eigenvalue weighted by Gasteiger charge is -2.51. The Bertz CT molecular complexity index is 206. The molecule has 0 aliphatic heterocycles. The summed E-state index contributed by atoms with van der Waals surface area (Å²) in [4.78, 5) is 0. The van der Waals surface area contributed by atoms with E-state index >= 15 is 0 Å². The first-order valence-corrected chi connectivity index (χ1v) is 7.74. The minimum absolute atomic E-state index is 1.01. The highest BCUT2D eigenvalue weighted by atomic mass is 14.5. The van der Waals surface area contributed by atoms with Crippen LogP contribution in [0.4, 0.5) is 0 Å². The van der Waals surface area contributed by atoms with Crippen molar-refractivity contribution in [2.24, 2.45) is 29.6 Å². The van der Waals surface area contributed by atoms with E-state index in [0.717, 1.165) is 29.6 Å². The SMILES string of the molecule is CCC1CCCCCCC(C)C2CC(C)C12. The summed E-state index contributed by atoms with van der Waals surface area (Å²) in [5, 5.41) is 0. The maximum atomic E-state index is 2.53. The van der Waals surface area contributed by atoms with Crippen LogP contribution >= 0.6 is 0 Å². The van der Waals surface area contributed by atoms with Crippen molar-refractivity contribution in [1.29, 1.82) is 0 Å². The molecule has 0 spiro atoms. The third kappa shape index (κ3) is 2.46. The van der Waals surface area contributed by atoms with Gasteiger partial charge in [-0.2, -0.15) is 0 Å². The van der Waals surface area contributed by atoms with Gasteiger partial charge in [0.05, 0.1) is 0 Å². The summed E-state index contributed by atoms with van der Waals surface area (Å²) in [7, 11) is 0. The van der Waals surface area contributed by atoms with E-state index in [0.29, 0.717) is 0 Å². The van der Waals surface area contributed by atoms with Gasteiger partial charge in [0.15, 0.2) is 0 Å². The molecule has 2 aliphatic carbocycles. The summed E-state index contributed by atoms with van der Waals surface area (Å²) in [5.41, 5.74) is 0. The second-order valence-corrected chi connectivity index (χ2v) is 6.59. The Balaban J connectivity index is 2.02. The van der Waals surface area contributed by atoms with Gasteiger partial charge in [-0.05, 0) is 36.0 Å². The van der Waals surface area contributed by atoms with Crippen molar-refractivity contribution in [2.45, 2.75) is 72.1 Å². The molecule has 0 amide bonds. The maximum absolute atomic E-state index is 2.53. The lowest BCUT2D eigenvalue weighted by Crippen LogP contribution is -2.43. The molecule has 0 bridgehead atoms. The second-order valence-electron chi connectivity index (χ2n) is 6.59. The first-order valence-electron chi connectivity index (χ1n) is 7.74. The molecular weight excluding hydrogens is 192 g/mol. The topological polar surface area (TPSA) is 0 Å². The zero-order valence-corrected chi connectivity index (χ0v) is 11.5. The van der Waals surface area contributed by atoms with Crippen LogP contribution in [0.15, 0.2) is 0 Å². The van der Waals surface area contributed by atoms with E-state index in [9.17, 15) is 0 Å². The Labute approximate surface area is 102 Å². The molecule has 0 aromatic rings. The van der Waals surface area contributed by atoms with Gasteiger partial charge in [0, 0.05) is 0 Å². The molecule has 0 radical (unpaired) electrons. The fourth-order valence-electron chi connectivity index (χ4n) is 4.50. The van der Waals surface area contributed by atoms with Crippen LogP contribution in [0.2, 0.25) is 0 Å². The van der Waals surface area contributed by atoms with Crippen LogP contribution in [0.1, 0.15) is 72.1 Å². The Morgan fingerprint density at radius 3 is 2.19 bits per heavy atom. The standard InChI is InChI=1S/C16H30/c1-4-14-10-8-6-5-7-9-12(2)15-11-13(3)16(14)15/h12-16H,4-11H2,1-3H3. The third-order valence-electron chi connectivity index (χ3n) is 5.58. The van der Waals surface area contributed by atoms with Crippen LogP contribution in [-0.2, 0) is 0 Å². The van der Waals surface area contributed by atoms with Crippen molar-refractivity contribution in [3.63, 3.8) is 0 Å². The minimum atomic E-state index is 1.01. The minimum Gasteiger partial charge on any atom is -0.0651 e. The highest BCUT2D eigenvalue weighted by Crippen LogP contribution is 2.51. The van der Waals surface area contributed by atoms with Gasteiger partial charge in [-0.15, -0.1) is 0 Å². The van der Waals surface area contributed by atoms with Gasteiger partial charge >= 0.3 is 0 Å². The van der Waals surface area contributed by atoms with Crippen molar-refractivity contribution in [2.75, 3.05) is 0 Å². The third-order valence-corrected chi connectivity index (χ3v) is 5.58. The van der Waals surface area contributed by atoms with E-state index in [1.54, 1.807) is 0 Å². The van der Waals surface area contributed by atoms with Crippen molar-refractivity contribution >= 4 is 0 Å². The number of hydrogen-bond donors (Lipinski definition) is 0. The number of fused-ring (bicyclic) bond motifs is 1. The molecule has 5 unspecified atom stereocenters. The van der Waals surface area contributed by atoms with Gasteiger partial charge in [-0.25, -0.2) is 0 Å². The highest BCUT2D eigenvalue weighted by Gasteiger charge is 2.44. The summed E-state index contributed by atoms with van der Waals surface area (Å²) in [6.07, 6.45) is 12.0. The number of rotatable bonds is 1. The van der Waals surface area contributed by atoms with Gasteiger partial charge in [0.2, 0.25) is 0 Å². The summed E-state index contributed by atoms with van der Waals surface area (Å²) < 4.78 is 0. The van der Waals surface area contributed by atoms with Crippen LogP contribution in [0, 0.1) is 29.6 Å². The van der Waals surface area contributed by atoms with E-state index in [4.69, 9.17) is 0 Å². The molecule has 0 saturated heterocycles. The first-order chi connectivity index (χ1) is 7.74. The van der Waals surface area contributed by atoms with Gasteiger partial charge in [-0.1, -0.05) is 65.7 Å².